The fourth-order valence-electron chi connectivity index (χ4n) is 2.65. The minimum Gasteiger partial charge on any atom is -0.577 e. The van der Waals surface area contributed by atoms with E-state index in [0.29, 0.717) is 30.5 Å². The van der Waals surface area contributed by atoms with Gasteiger partial charge in [0.2, 0.25) is 5.95 Å². The lowest BCUT2D eigenvalue weighted by Crippen LogP contribution is -2.34. The van der Waals surface area contributed by atoms with E-state index in [9.17, 15) is 0 Å². The second-order valence-corrected chi connectivity index (χ2v) is 7.59. The summed E-state index contributed by atoms with van der Waals surface area (Å²) in [5.74, 6) is 1.73. The molecule has 2 aromatic carbocycles. The number of rotatable bonds is 5. The highest BCUT2D eigenvalue weighted by molar-refractivity contribution is 6.39. The Kier molecular flexibility index (Phi) is 8.17. The first-order valence-corrected chi connectivity index (χ1v) is 11.1. The smallest absolute Gasteiger partial charge is 0.577 e. The molecule has 0 radical (unpaired) electrons. The summed E-state index contributed by atoms with van der Waals surface area (Å²) in [5, 5.41) is 0. The molecule has 2 aromatic rings. The number of para-hydroxylation sites is 2. The summed E-state index contributed by atoms with van der Waals surface area (Å²) in [6.45, 7) is 3.29. The van der Waals surface area contributed by atoms with Crippen LogP contribution in [0.4, 0.5) is 0 Å². The molecule has 0 amide bonds. The maximum atomic E-state index is 6.22. The summed E-state index contributed by atoms with van der Waals surface area (Å²) >= 11 is -2.71. The molecule has 150 valence electrons. The van der Waals surface area contributed by atoms with E-state index in [0.717, 1.165) is 24.0 Å². The van der Waals surface area contributed by atoms with Crippen molar-refractivity contribution >= 4 is 27.6 Å². The molecule has 0 saturated heterocycles. The molecule has 0 fully saturated rings. The predicted molar refractivity (Wildman–Crippen MR) is 116 cm³/mol. The largest absolute Gasteiger partial charge is 1.20 e. The number of hydrogen-bond acceptors (Lipinski definition) is 6. The lowest BCUT2D eigenvalue weighted by atomic mass is 10.2. The van der Waals surface area contributed by atoms with Crippen molar-refractivity contribution in [2.75, 3.05) is 20.2 Å². The first kappa shape index (κ1) is 21.0. The number of allylic oxidation sites excluding steroid dienone is 1. The Morgan fingerprint density at radius 3 is 2.03 bits per heavy atom. The first-order chi connectivity index (χ1) is 14.3. The number of hydrogen-bond donors (Lipinski definition) is 0. The van der Waals surface area contributed by atoms with Crippen molar-refractivity contribution in [3.05, 3.63) is 71.7 Å². The summed E-state index contributed by atoms with van der Waals surface area (Å²) in [5.41, 5.74) is 1.73. The maximum Gasteiger partial charge on any atom is 1.20 e. The number of fused-ring (bicyclic) bond motifs is 2. The zero-order valence-corrected chi connectivity index (χ0v) is 17.9. The second-order valence-electron chi connectivity index (χ2n) is 6.30. The molecule has 1 aliphatic rings. The zero-order chi connectivity index (χ0) is 20.3. The maximum absolute atomic E-state index is 6.22. The third kappa shape index (κ3) is 6.38. The third-order valence-corrected chi connectivity index (χ3v) is 5.43. The van der Waals surface area contributed by atoms with Crippen LogP contribution in [0.3, 0.4) is 0 Å². The van der Waals surface area contributed by atoms with Crippen molar-refractivity contribution in [2.45, 2.75) is 19.8 Å². The van der Waals surface area contributed by atoms with E-state index in [1.54, 1.807) is 19.5 Å². The number of ether oxygens (including phenoxy) is 1. The topological polar surface area (TPSA) is 61.6 Å². The van der Waals surface area contributed by atoms with Crippen LogP contribution in [0, 0.1) is 0 Å². The molecule has 0 atom stereocenters. The molecule has 7 heteroatoms. The lowest BCUT2D eigenvalue weighted by Gasteiger charge is -2.19. The molecule has 1 aliphatic heterocycles. The van der Waals surface area contributed by atoms with Crippen molar-refractivity contribution in [3.63, 3.8) is 0 Å². The standard InChI is InChI=1S/C16H16N2O2.C6H12O2.Al/c19-15-7-3-1-5-13(15)11-17-9-10-18-12-14-6-2-4-8-16(14)20;1-3-4-5-6(7)8-2;/h1-8,11-12,19-20H,9-10H2;5,7H,3-4H2,1-2H3;/q;;+3/p-3. The van der Waals surface area contributed by atoms with E-state index in [4.69, 9.17) is 16.1 Å². The van der Waals surface area contributed by atoms with E-state index >= 15 is 0 Å². The van der Waals surface area contributed by atoms with Gasteiger partial charge in [-0.2, -0.15) is 0 Å². The Hall–Kier alpha value is -2.75. The van der Waals surface area contributed by atoms with Crippen molar-refractivity contribution in [1.29, 1.82) is 0 Å². The van der Waals surface area contributed by atoms with Crippen LogP contribution in [0.2, 0.25) is 0 Å². The van der Waals surface area contributed by atoms with Crippen LogP contribution in [0.5, 0.6) is 11.5 Å². The van der Waals surface area contributed by atoms with E-state index < -0.39 is 15.1 Å². The van der Waals surface area contributed by atoms with Crippen LogP contribution in [0.25, 0.3) is 0 Å². The van der Waals surface area contributed by atoms with Gasteiger partial charge in [-0.1, -0.05) is 37.6 Å². The summed E-state index contributed by atoms with van der Waals surface area (Å²) in [7, 11) is 1.58. The highest BCUT2D eigenvalue weighted by Gasteiger charge is 2.46. The minimum atomic E-state index is -2.71. The van der Waals surface area contributed by atoms with Crippen molar-refractivity contribution in [1.82, 2.24) is 0 Å². The van der Waals surface area contributed by atoms with E-state index in [2.05, 4.69) is 16.9 Å². The molecule has 0 spiro atoms. The van der Waals surface area contributed by atoms with Gasteiger partial charge in [0.05, 0.1) is 31.7 Å². The second kappa shape index (κ2) is 11.3. The van der Waals surface area contributed by atoms with Gasteiger partial charge in [0.25, 0.3) is 0 Å². The number of methoxy groups -OCH3 is 1. The van der Waals surface area contributed by atoms with Crippen molar-refractivity contribution < 1.29 is 16.1 Å². The normalized spacial score (nSPS) is 14.3. The Balaban J connectivity index is 1.96. The van der Waals surface area contributed by atoms with Gasteiger partial charge in [-0.15, -0.1) is 0 Å². The van der Waals surface area contributed by atoms with Gasteiger partial charge >= 0.3 is 15.1 Å². The SMILES string of the molecule is CCCC=C(OC)[O][Al]1[O]c2ccccc2C=NCCN=Cc2ccccc2[O]1. The van der Waals surface area contributed by atoms with Gasteiger partial charge in [-0.3, -0.25) is 9.98 Å². The van der Waals surface area contributed by atoms with Crippen molar-refractivity contribution in [3.8, 4) is 11.5 Å². The zero-order valence-electron chi connectivity index (χ0n) is 16.8. The fourth-order valence-corrected chi connectivity index (χ4v) is 4.02. The molecule has 0 unspecified atom stereocenters. The van der Waals surface area contributed by atoms with Gasteiger partial charge in [0.1, 0.15) is 0 Å². The minimum absolute atomic E-state index is 0.408. The number of unbranched alkanes of at least 4 members (excludes halogenated alkanes) is 1. The summed E-state index contributed by atoms with van der Waals surface area (Å²) in [6, 6.07) is 15.4. The van der Waals surface area contributed by atoms with Crippen LogP contribution >= 0.6 is 0 Å². The van der Waals surface area contributed by atoms with Crippen LogP contribution < -0.4 is 7.58 Å². The molecular weight excluding hydrogens is 383 g/mol. The molecule has 0 N–H and O–H groups in total. The molecule has 29 heavy (non-hydrogen) atoms. The number of aliphatic imine (C=N–C) groups is 2. The molecule has 0 aliphatic carbocycles. The molecular formula is C22H25AlN2O4. The quantitative estimate of drug-likeness (QED) is 0.547. The van der Waals surface area contributed by atoms with Gasteiger partial charge in [0.15, 0.2) is 0 Å². The third-order valence-electron chi connectivity index (χ3n) is 4.12. The Morgan fingerprint density at radius 2 is 1.52 bits per heavy atom. The average Bonchev–Trinajstić information content (AvgIpc) is 2.76. The molecule has 6 nitrogen and oxygen atoms in total. The van der Waals surface area contributed by atoms with E-state index in [1.807, 2.05) is 54.6 Å². The summed E-state index contributed by atoms with van der Waals surface area (Å²) < 4.78 is 23.9. The van der Waals surface area contributed by atoms with Crippen LogP contribution in [-0.4, -0.2) is 47.8 Å². The lowest BCUT2D eigenvalue weighted by molar-refractivity contribution is 0.112. The van der Waals surface area contributed by atoms with Crippen LogP contribution in [-0.2, 0) is 8.53 Å². The summed E-state index contributed by atoms with van der Waals surface area (Å²) in [6.07, 6.45) is 7.33. The van der Waals surface area contributed by atoms with Crippen LogP contribution in [0.15, 0.2) is 70.5 Å². The number of nitrogens with zero attached hydrogens (tertiary/aromatic N) is 2. The fraction of sp³-hybridized carbons (Fsp3) is 0.273. The highest BCUT2D eigenvalue weighted by Crippen LogP contribution is 2.22. The molecule has 1 heterocycles. The van der Waals surface area contributed by atoms with Gasteiger partial charge in [-0.25, -0.2) is 0 Å². The van der Waals surface area contributed by atoms with E-state index in [-0.39, 0.29) is 0 Å². The highest BCUT2D eigenvalue weighted by atomic mass is 27.3. The summed E-state index contributed by atoms with van der Waals surface area (Å²) in [4.78, 5) is 8.91. The molecule has 3 rings (SSSR count). The van der Waals surface area contributed by atoms with Gasteiger partial charge in [-0.05, 0) is 36.8 Å². The molecule has 0 saturated carbocycles. The predicted octanol–water partition coefficient (Wildman–Crippen LogP) is 4.29. The Morgan fingerprint density at radius 1 is 0.966 bits per heavy atom. The molecule has 0 bridgehead atoms. The van der Waals surface area contributed by atoms with Gasteiger partial charge < -0.3 is 16.1 Å². The average molecular weight is 408 g/mol. The Labute approximate surface area is 176 Å². The van der Waals surface area contributed by atoms with Gasteiger partial charge in [0, 0.05) is 23.6 Å². The number of benzene rings is 2. The first-order valence-electron chi connectivity index (χ1n) is 9.72. The van der Waals surface area contributed by atoms with Crippen molar-refractivity contribution in [2.24, 2.45) is 9.98 Å². The Bertz CT molecular complexity index is 823. The van der Waals surface area contributed by atoms with Crippen LogP contribution in [0.1, 0.15) is 30.9 Å². The monoisotopic (exact) mass is 408 g/mol. The molecule has 0 aromatic heterocycles. The van der Waals surface area contributed by atoms with E-state index in [1.165, 1.54) is 0 Å².